The number of ether oxygens (including phenoxy) is 1. The molecule has 0 saturated carbocycles. The van der Waals surface area contributed by atoms with E-state index in [1.165, 1.54) is 6.07 Å². The zero-order valence-corrected chi connectivity index (χ0v) is 13.0. The highest BCUT2D eigenvalue weighted by molar-refractivity contribution is 14.0. The third-order valence-corrected chi connectivity index (χ3v) is 2.95. The summed E-state index contributed by atoms with van der Waals surface area (Å²) in [5.74, 6) is 0.340. The summed E-state index contributed by atoms with van der Waals surface area (Å²) in [6.45, 7) is 3.42. The molecule has 0 aromatic heterocycles. The van der Waals surface area contributed by atoms with Crippen molar-refractivity contribution in [1.82, 2.24) is 4.90 Å². The van der Waals surface area contributed by atoms with E-state index in [0.717, 1.165) is 13.1 Å². The van der Waals surface area contributed by atoms with Gasteiger partial charge in [0.15, 0.2) is 5.96 Å². The molecular weight excluding hydrogens is 360 g/mol. The molecule has 0 aliphatic carbocycles. The Balaban J connectivity index is 0.00000180. The molecule has 0 bridgehead atoms. The van der Waals surface area contributed by atoms with Gasteiger partial charge in [0.05, 0.1) is 13.2 Å². The zero-order chi connectivity index (χ0) is 12.8. The molecule has 1 aromatic rings. The molecule has 1 saturated heterocycles. The number of guanidine groups is 1. The van der Waals surface area contributed by atoms with E-state index in [-0.39, 0.29) is 29.8 Å². The lowest BCUT2D eigenvalue weighted by atomic mass is 10.1. The minimum Gasteiger partial charge on any atom is -0.378 e. The molecule has 1 aromatic carbocycles. The number of nitrogens with zero attached hydrogens (tertiary/aromatic N) is 2. The fourth-order valence-electron chi connectivity index (χ4n) is 1.88. The van der Waals surface area contributed by atoms with Crippen molar-refractivity contribution in [1.29, 1.82) is 0 Å². The van der Waals surface area contributed by atoms with Gasteiger partial charge in [-0.1, -0.05) is 18.2 Å². The zero-order valence-electron chi connectivity index (χ0n) is 10.7. The molecule has 1 fully saturated rings. The molecule has 0 unspecified atom stereocenters. The van der Waals surface area contributed by atoms with E-state index in [2.05, 4.69) is 4.99 Å². The third-order valence-electron chi connectivity index (χ3n) is 2.95. The molecule has 1 aliphatic rings. The Kier molecular flexibility index (Phi) is 7.07. The number of halogens is 2. The van der Waals surface area contributed by atoms with Gasteiger partial charge in [0.25, 0.3) is 0 Å². The number of hydrogen-bond donors (Lipinski definition) is 1. The predicted molar refractivity (Wildman–Crippen MR) is 84.4 cm³/mol. The topological polar surface area (TPSA) is 50.8 Å². The second-order valence-corrected chi connectivity index (χ2v) is 4.18. The molecule has 0 spiro atoms. The maximum Gasteiger partial charge on any atom is 0.191 e. The highest BCUT2D eigenvalue weighted by atomic mass is 127. The van der Waals surface area contributed by atoms with Crippen LogP contribution in [0.5, 0.6) is 0 Å². The van der Waals surface area contributed by atoms with Gasteiger partial charge in [0.2, 0.25) is 0 Å². The van der Waals surface area contributed by atoms with Crippen LogP contribution in [0.1, 0.15) is 5.56 Å². The molecule has 6 heteroatoms. The van der Waals surface area contributed by atoms with Gasteiger partial charge in [0.1, 0.15) is 5.82 Å². The van der Waals surface area contributed by atoms with Crippen LogP contribution in [-0.2, 0) is 11.2 Å². The van der Waals surface area contributed by atoms with Crippen LogP contribution in [0, 0.1) is 5.82 Å². The van der Waals surface area contributed by atoms with Gasteiger partial charge < -0.3 is 15.4 Å². The highest BCUT2D eigenvalue weighted by Crippen LogP contribution is 2.07. The Morgan fingerprint density at radius 1 is 1.32 bits per heavy atom. The molecule has 0 radical (unpaired) electrons. The average molecular weight is 379 g/mol. The van der Waals surface area contributed by atoms with E-state index in [1.807, 2.05) is 11.0 Å². The minimum absolute atomic E-state index is 0. The molecule has 2 N–H and O–H groups in total. The van der Waals surface area contributed by atoms with Crippen molar-refractivity contribution in [3.05, 3.63) is 35.6 Å². The smallest absolute Gasteiger partial charge is 0.191 e. The van der Waals surface area contributed by atoms with Crippen molar-refractivity contribution in [2.75, 3.05) is 32.8 Å². The van der Waals surface area contributed by atoms with Crippen LogP contribution in [-0.4, -0.2) is 43.7 Å². The van der Waals surface area contributed by atoms with Crippen LogP contribution < -0.4 is 5.73 Å². The maximum absolute atomic E-state index is 13.4. The molecule has 19 heavy (non-hydrogen) atoms. The van der Waals surface area contributed by atoms with E-state index in [0.29, 0.717) is 37.7 Å². The van der Waals surface area contributed by atoms with Gasteiger partial charge in [-0.3, -0.25) is 4.99 Å². The van der Waals surface area contributed by atoms with Crippen molar-refractivity contribution in [2.24, 2.45) is 10.7 Å². The van der Waals surface area contributed by atoms with Crippen molar-refractivity contribution in [3.8, 4) is 0 Å². The van der Waals surface area contributed by atoms with Gasteiger partial charge in [0, 0.05) is 19.6 Å². The van der Waals surface area contributed by atoms with Crippen LogP contribution in [0.4, 0.5) is 4.39 Å². The van der Waals surface area contributed by atoms with Crippen LogP contribution in [0.2, 0.25) is 0 Å². The first-order chi connectivity index (χ1) is 8.77. The Morgan fingerprint density at radius 2 is 2.00 bits per heavy atom. The van der Waals surface area contributed by atoms with E-state index in [9.17, 15) is 4.39 Å². The van der Waals surface area contributed by atoms with Gasteiger partial charge in [-0.2, -0.15) is 0 Å². The summed E-state index contributed by atoms with van der Waals surface area (Å²) in [6.07, 6.45) is 0.567. The number of morpholine rings is 1. The number of hydrogen-bond acceptors (Lipinski definition) is 2. The normalized spacial score (nSPS) is 16.1. The van der Waals surface area contributed by atoms with E-state index in [1.54, 1.807) is 12.1 Å². The van der Waals surface area contributed by atoms with Crippen molar-refractivity contribution < 1.29 is 9.13 Å². The highest BCUT2D eigenvalue weighted by Gasteiger charge is 2.11. The second-order valence-electron chi connectivity index (χ2n) is 4.18. The predicted octanol–water partition coefficient (Wildman–Crippen LogP) is 1.63. The lowest BCUT2D eigenvalue weighted by Gasteiger charge is -2.27. The van der Waals surface area contributed by atoms with Crippen molar-refractivity contribution >= 4 is 29.9 Å². The largest absolute Gasteiger partial charge is 0.378 e. The summed E-state index contributed by atoms with van der Waals surface area (Å²) in [4.78, 5) is 6.27. The van der Waals surface area contributed by atoms with Gasteiger partial charge in [-0.15, -0.1) is 24.0 Å². The van der Waals surface area contributed by atoms with Gasteiger partial charge >= 0.3 is 0 Å². The van der Waals surface area contributed by atoms with E-state index >= 15 is 0 Å². The fraction of sp³-hybridized carbons (Fsp3) is 0.462. The van der Waals surface area contributed by atoms with Crippen molar-refractivity contribution in [2.45, 2.75) is 6.42 Å². The number of rotatable bonds is 3. The molecule has 1 heterocycles. The average Bonchev–Trinajstić information content (AvgIpc) is 2.42. The summed E-state index contributed by atoms with van der Waals surface area (Å²) in [5, 5.41) is 0. The molecule has 4 nitrogen and oxygen atoms in total. The SMILES string of the molecule is I.NC(=NCCc1ccccc1F)N1CCOCC1. The van der Waals surface area contributed by atoms with Gasteiger partial charge in [-0.25, -0.2) is 4.39 Å². The molecule has 106 valence electrons. The first-order valence-corrected chi connectivity index (χ1v) is 6.13. The summed E-state index contributed by atoms with van der Waals surface area (Å²) in [6, 6.07) is 6.75. The maximum atomic E-state index is 13.4. The Hall–Kier alpha value is -0.890. The molecular formula is C13H19FIN3O. The van der Waals surface area contributed by atoms with Crippen LogP contribution in [0.25, 0.3) is 0 Å². The third kappa shape index (κ3) is 4.94. The summed E-state index contributed by atoms with van der Waals surface area (Å²) >= 11 is 0. The Morgan fingerprint density at radius 3 is 2.68 bits per heavy atom. The summed E-state index contributed by atoms with van der Waals surface area (Å²) in [7, 11) is 0. The standard InChI is InChI=1S/C13H18FN3O.HI/c14-12-4-2-1-3-11(12)5-6-16-13(15)17-7-9-18-10-8-17;/h1-4H,5-10H2,(H2,15,16);1H. The monoisotopic (exact) mass is 379 g/mol. The van der Waals surface area contributed by atoms with Crippen LogP contribution in [0.15, 0.2) is 29.3 Å². The summed E-state index contributed by atoms with van der Waals surface area (Å²) in [5.41, 5.74) is 6.55. The van der Waals surface area contributed by atoms with Crippen molar-refractivity contribution in [3.63, 3.8) is 0 Å². The first-order valence-electron chi connectivity index (χ1n) is 6.13. The Bertz CT molecular complexity index is 422. The van der Waals surface area contributed by atoms with E-state index in [4.69, 9.17) is 10.5 Å². The number of benzene rings is 1. The number of nitrogens with two attached hydrogens (primary N) is 1. The molecule has 0 amide bonds. The molecule has 1 aliphatic heterocycles. The van der Waals surface area contributed by atoms with Gasteiger partial charge in [-0.05, 0) is 18.1 Å². The fourth-order valence-corrected chi connectivity index (χ4v) is 1.88. The lowest BCUT2D eigenvalue weighted by molar-refractivity contribution is 0.0674. The molecule has 0 atom stereocenters. The number of aliphatic imine (C=N–C) groups is 1. The van der Waals surface area contributed by atoms with E-state index < -0.39 is 0 Å². The lowest BCUT2D eigenvalue weighted by Crippen LogP contribution is -2.44. The second kappa shape index (κ2) is 8.31. The molecule has 2 rings (SSSR count). The summed E-state index contributed by atoms with van der Waals surface area (Å²) < 4.78 is 18.6. The minimum atomic E-state index is -0.183. The first kappa shape index (κ1) is 16.2. The quantitative estimate of drug-likeness (QED) is 0.494. The van der Waals surface area contributed by atoms with Crippen LogP contribution >= 0.6 is 24.0 Å². The van der Waals surface area contributed by atoms with Crippen LogP contribution in [0.3, 0.4) is 0 Å². The Labute approximate surface area is 129 Å².